The number of urea groups is 1. The third kappa shape index (κ3) is 4.19. The summed E-state index contributed by atoms with van der Waals surface area (Å²) < 4.78 is 25.6. The van der Waals surface area contributed by atoms with Crippen molar-refractivity contribution >= 4 is 12.0 Å². The lowest BCUT2D eigenvalue weighted by Crippen LogP contribution is -2.43. The highest BCUT2D eigenvalue weighted by atomic mass is 19.3. The number of aliphatic carboxylic acids is 1. The standard InChI is InChI=1S/C10H14F2N4O3/c1-15(5-7(11)12)10(19)14-8(9(17)18)6-3-13-16(2)4-6/h3-4,7-8H,5H2,1-2H3,(H,14,19)(H,17,18). The summed E-state index contributed by atoms with van der Waals surface area (Å²) in [5.41, 5.74) is 0.258. The molecule has 1 heterocycles. The van der Waals surface area contributed by atoms with E-state index in [1.165, 1.54) is 17.1 Å². The Kier molecular flexibility index (Phi) is 4.79. The molecule has 0 aromatic carbocycles. The molecule has 1 unspecified atom stereocenters. The second kappa shape index (κ2) is 6.12. The fraction of sp³-hybridized carbons (Fsp3) is 0.500. The molecule has 1 rings (SSSR count). The highest BCUT2D eigenvalue weighted by Crippen LogP contribution is 2.12. The largest absolute Gasteiger partial charge is 0.479 e. The van der Waals surface area contributed by atoms with E-state index in [1.807, 2.05) is 0 Å². The average Bonchev–Trinajstić information content (AvgIpc) is 2.70. The SMILES string of the molecule is CN(CC(F)F)C(=O)NC(C(=O)O)c1cnn(C)c1. The minimum Gasteiger partial charge on any atom is -0.479 e. The number of carbonyl (C=O) groups excluding carboxylic acids is 1. The van der Waals surface area contributed by atoms with Crippen LogP contribution in [0.25, 0.3) is 0 Å². The van der Waals surface area contributed by atoms with Crippen LogP contribution in [-0.2, 0) is 11.8 Å². The molecule has 1 aromatic heterocycles. The molecular formula is C10H14F2N4O3. The van der Waals surface area contributed by atoms with E-state index in [0.717, 1.165) is 11.9 Å². The van der Waals surface area contributed by atoms with E-state index in [0.29, 0.717) is 0 Å². The molecule has 1 aromatic rings. The minimum atomic E-state index is -2.68. The smallest absolute Gasteiger partial charge is 0.331 e. The van der Waals surface area contributed by atoms with E-state index in [4.69, 9.17) is 5.11 Å². The number of rotatable bonds is 5. The number of aryl methyl sites for hydroxylation is 1. The van der Waals surface area contributed by atoms with Crippen molar-refractivity contribution in [2.24, 2.45) is 7.05 Å². The van der Waals surface area contributed by atoms with Gasteiger partial charge in [0.1, 0.15) is 0 Å². The molecule has 0 fully saturated rings. The summed E-state index contributed by atoms with van der Waals surface area (Å²) in [6.07, 6.45) is 0.0238. The quantitative estimate of drug-likeness (QED) is 0.817. The zero-order valence-corrected chi connectivity index (χ0v) is 10.4. The molecule has 0 aliphatic heterocycles. The van der Waals surface area contributed by atoms with Gasteiger partial charge in [0.2, 0.25) is 0 Å². The third-order valence-corrected chi connectivity index (χ3v) is 2.33. The van der Waals surface area contributed by atoms with Crippen molar-refractivity contribution in [1.29, 1.82) is 0 Å². The predicted molar refractivity (Wildman–Crippen MR) is 60.8 cm³/mol. The number of nitrogens with zero attached hydrogens (tertiary/aromatic N) is 3. The molecule has 106 valence electrons. The van der Waals surface area contributed by atoms with Crippen LogP contribution in [-0.4, -0.2) is 51.8 Å². The van der Waals surface area contributed by atoms with Gasteiger partial charge in [-0.15, -0.1) is 0 Å². The first kappa shape index (κ1) is 14.9. The summed E-state index contributed by atoms with van der Waals surface area (Å²) in [6.45, 7) is -0.773. The van der Waals surface area contributed by atoms with Crippen LogP contribution < -0.4 is 5.32 Å². The van der Waals surface area contributed by atoms with Crippen molar-refractivity contribution < 1.29 is 23.5 Å². The van der Waals surface area contributed by atoms with E-state index < -0.39 is 31.0 Å². The minimum absolute atomic E-state index is 0.258. The molecule has 0 saturated carbocycles. The Bertz CT molecular complexity index is 463. The number of carbonyl (C=O) groups is 2. The molecular weight excluding hydrogens is 262 g/mol. The second-order valence-corrected chi connectivity index (χ2v) is 3.94. The normalized spacial score (nSPS) is 12.3. The van der Waals surface area contributed by atoms with Crippen molar-refractivity contribution in [1.82, 2.24) is 20.0 Å². The van der Waals surface area contributed by atoms with Crippen molar-refractivity contribution in [2.45, 2.75) is 12.5 Å². The number of amides is 2. The van der Waals surface area contributed by atoms with Crippen molar-refractivity contribution in [2.75, 3.05) is 13.6 Å². The number of aromatic nitrogens is 2. The highest BCUT2D eigenvalue weighted by Gasteiger charge is 2.25. The van der Waals surface area contributed by atoms with Gasteiger partial charge in [-0.05, 0) is 0 Å². The third-order valence-electron chi connectivity index (χ3n) is 2.33. The van der Waals surface area contributed by atoms with Gasteiger partial charge in [-0.2, -0.15) is 5.10 Å². The van der Waals surface area contributed by atoms with Gasteiger partial charge in [0, 0.05) is 25.9 Å². The van der Waals surface area contributed by atoms with Gasteiger partial charge in [0.05, 0.1) is 12.7 Å². The molecule has 0 spiro atoms. The molecule has 1 atom stereocenters. The molecule has 0 aliphatic rings. The van der Waals surface area contributed by atoms with Crippen LogP contribution in [0.5, 0.6) is 0 Å². The van der Waals surface area contributed by atoms with Crippen LogP contribution in [0.15, 0.2) is 12.4 Å². The van der Waals surface area contributed by atoms with Gasteiger partial charge in [-0.1, -0.05) is 0 Å². The van der Waals surface area contributed by atoms with E-state index in [1.54, 1.807) is 7.05 Å². The van der Waals surface area contributed by atoms with Crippen molar-refractivity contribution in [3.8, 4) is 0 Å². The summed E-state index contributed by atoms with van der Waals surface area (Å²) >= 11 is 0. The topological polar surface area (TPSA) is 87.5 Å². The Morgan fingerprint density at radius 1 is 1.58 bits per heavy atom. The van der Waals surface area contributed by atoms with Crippen molar-refractivity contribution in [3.05, 3.63) is 18.0 Å². The van der Waals surface area contributed by atoms with E-state index in [2.05, 4.69) is 10.4 Å². The fourth-order valence-corrected chi connectivity index (χ4v) is 1.40. The monoisotopic (exact) mass is 276 g/mol. The van der Waals surface area contributed by atoms with Gasteiger partial charge < -0.3 is 15.3 Å². The lowest BCUT2D eigenvalue weighted by molar-refractivity contribution is -0.139. The van der Waals surface area contributed by atoms with Gasteiger partial charge in [0.25, 0.3) is 6.43 Å². The molecule has 2 N–H and O–H groups in total. The summed E-state index contributed by atoms with van der Waals surface area (Å²) in [6, 6.07) is -2.22. The van der Waals surface area contributed by atoms with Gasteiger partial charge in [-0.25, -0.2) is 18.4 Å². The molecule has 0 radical (unpaired) electrons. The van der Waals surface area contributed by atoms with Crippen LogP contribution in [0.4, 0.5) is 13.6 Å². The first-order valence-electron chi connectivity index (χ1n) is 5.32. The van der Waals surface area contributed by atoms with Crippen LogP contribution in [0.3, 0.4) is 0 Å². The Balaban J connectivity index is 2.75. The first-order chi connectivity index (χ1) is 8.81. The number of carboxylic acids is 1. The van der Waals surface area contributed by atoms with Crippen LogP contribution in [0, 0.1) is 0 Å². The number of hydrogen-bond acceptors (Lipinski definition) is 3. The number of hydrogen-bond donors (Lipinski definition) is 2. The summed E-state index contributed by atoms with van der Waals surface area (Å²) in [7, 11) is 2.75. The highest BCUT2D eigenvalue weighted by molar-refractivity contribution is 5.83. The average molecular weight is 276 g/mol. The Hall–Kier alpha value is -2.19. The summed E-state index contributed by atoms with van der Waals surface area (Å²) in [4.78, 5) is 23.4. The molecule has 7 nitrogen and oxygen atoms in total. The number of carboxylic acid groups (broad SMARTS) is 1. The van der Waals surface area contributed by atoms with Gasteiger partial charge in [0.15, 0.2) is 6.04 Å². The molecule has 0 saturated heterocycles. The molecule has 0 aliphatic carbocycles. The van der Waals surface area contributed by atoms with Crippen LogP contribution in [0.2, 0.25) is 0 Å². The Labute approximate surface area is 107 Å². The Morgan fingerprint density at radius 3 is 2.63 bits per heavy atom. The first-order valence-corrected chi connectivity index (χ1v) is 5.32. The lowest BCUT2D eigenvalue weighted by atomic mass is 10.1. The van der Waals surface area contributed by atoms with Gasteiger partial charge >= 0.3 is 12.0 Å². The zero-order chi connectivity index (χ0) is 14.6. The van der Waals surface area contributed by atoms with Crippen molar-refractivity contribution in [3.63, 3.8) is 0 Å². The maximum absolute atomic E-state index is 12.1. The number of alkyl halides is 2. The maximum atomic E-state index is 12.1. The lowest BCUT2D eigenvalue weighted by Gasteiger charge is -2.20. The fourth-order valence-electron chi connectivity index (χ4n) is 1.40. The Morgan fingerprint density at radius 2 is 2.21 bits per heavy atom. The number of halogens is 2. The van der Waals surface area contributed by atoms with Gasteiger partial charge in [-0.3, -0.25) is 4.68 Å². The van der Waals surface area contributed by atoms with E-state index >= 15 is 0 Å². The summed E-state index contributed by atoms with van der Waals surface area (Å²) in [5, 5.41) is 15.0. The molecule has 9 heteroatoms. The van der Waals surface area contributed by atoms with Crippen LogP contribution in [0.1, 0.15) is 11.6 Å². The van der Waals surface area contributed by atoms with Crippen LogP contribution >= 0.6 is 0 Å². The molecule has 0 bridgehead atoms. The maximum Gasteiger partial charge on any atom is 0.331 e. The molecule has 19 heavy (non-hydrogen) atoms. The predicted octanol–water partition coefficient (Wildman–Crippen LogP) is 0.452. The zero-order valence-electron chi connectivity index (χ0n) is 10.4. The van der Waals surface area contributed by atoms with E-state index in [-0.39, 0.29) is 5.56 Å². The summed E-state index contributed by atoms with van der Waals surface area (Å²) in [5.74, 6) is -1.30. The number of nitrogens with one attached hydrogen (secondary N) is 1. The van der Waals surface area contributed by atoms with E-state index in [9.17, 15) is 18.4 Å². The second-order valence-electron chi connectivity index (χ2n) is 3.94. The molecule has 2 amide bonds.